The van der Waals surface area contributed by atoms with Crippen LogP contribution < -0.4 is 15.3 Å². The summed E-state index contributed by atoms with van der Waals surface area (Å²) in [5, 5.41) is 10.8. The van der Waals surface area contributed by atoms with Gasteiger partial charge in [-0.2, -0.15) is 0 Å². The Morgan fingerprint density at radius 1 is 1.04 bits per heavy atom. The number of rotatable bonds is 4. The molecule has 1 amide bonds. The number of carbonyl (C=O) groups excluding carboxylic acids is 1. The molecule has 28 heavy (non-hydrogen) atoms. The first-order chi connectivity index (χ1) is 13.6. The van der Waals surface area contributed by atoms with Gasteiger partial charge in [0, 0.05) is 43.7 Å². The van der Waals surface area contributed by atoms with Crippen molar-refractivity contribution >= 4 is 22.6 Å². The van der Waals surface area contributed by atoms with E-state index in [1.54, 1.807) is 41.3 Å². The summed E-state index contributed by atoms with van der Waals surface area (Å²) in [6.07, 6.45) is 0. The van der Waals surface area contributed by atoms with Crippen LogP contribution in [0.4, 0.5) is 5.69 Å². The standard InChI is InChI=1S/C21H20N2O5/c24-18-4-2-1-3-17(18)22-9-11-23(12-10-22)20(25)14-27-16-7-5-15-6-8-21(26)28-19(15)13-16/h1-8,13,24H,9-12,14H2. The molecule has 7 nitrogen and oxygen atoms in total. The average molecular weight is 380 g/mol. The first kappa shape index (κ1) is 17.9. The minimum Gasteiger partial charge on any atom is -0.506 e. The van der Waals surface area contributed by atoms with E-state index in [1.165, 1.54) is 6.07 Å². The largest absolute Gasteiger partial charge is 0.506 e. The zero-order valence-electron chi connectivity index (χ0n) is 15.2. The van der Waals surface area contributed by atoms with Crippen LogP contribution in [0.3, 0.4) is 0 Å². The Morgan fingerprint density at radius 3 is 2.57 bits per heavy atom. The molecule has 0 unspecified atom stereocenters. The number of piperazine rings is 1. The van der Waals surface area contributed by atoms with Crippen molar-refractivity contribution in [2.45, 2.75) is 0 Å². The van der Waals surface area contributed by atoms with Crippen LogP contribution in [0, 0.1) is 0 Å². The van der Waals surface area contributed by atoms with Crippen molar-refractivity contribution in [1.82, 2.24) is 4.90 Å². The number of benzene rings is 2. The highest BCUT2D eigenvalue weighted by atomic mass is 16.5. The van der Waals surface area contributed by atoms with E-state index in [4.69, 9.17) is 9.15 Å². The summed E-state index contributed by atoms with van der Waals surface area (Å²) in [6.45, 7) is 2.32. The smallest absolute Gasteiger partial charge is 0.336 e. The lowest BCUT2D eigenvalue weighted by molar-refractivity contribution is -0.133. The molecule has 1 aromatic heterocycles. The zero-order chi connectivity index (χ0) is 19.5. The molecule has 1 aliphatic heterocycles. The Hall–Kier alpha value is -3.48. The predicted molar refractivity (Wildman–Crippen MR) is 105 cm³/mol. The molecular formula is C21H20N2O5. The lowest BCUT2D eigenvalue weighted by Gasteiger charge is -2.36. The SMILES string of the molecule is O=C(COc1ccc2ccc(=O)oc2c1)N1CCN(c2ccccc2O)CC1. The quantitative estimate of drug-likeness (QED) is 0.699. The number of phenols is 1. The number of anilines is 1. The van der Waals surface area contributed by atoms with Gasteiger partial charge in [-0.1, -0.05) is 12.1 Å². The van der Waals surface area contributed by atoms with E-state index in [2.05, 4.69) is 4.90 Å². The van der Waals surface area contributed by atoms with Crippen molar-refractivity contribution in [3.05, 3.63) is 65.0 Å². The van der Waals surface area contributed by atoms with E-state index in [9.17, 15) is 14.7 Å². The second-order valence-corrected chi connectivity index (χ2v) is 6.60. The van der Waals surface area contributed by atoms with Gasteiger partial charge in [-0.25, -0.2) is 4.79 Å². The third kappa shape index (κ3) is 3.78. The average Bonchev–Trinajstić information content (AvgIpc) is 2.72. The second kappa shape index (κ2) is 7.64. The highest BCUT2D eigenvalue weighted by Crippen LogP contribution is 2.27. The zero-order valence-corrected chi connectivity index (χ0v) is 15.2. The molecular weight excluding hydrogens is 360 g/mol. The fourth-order valence-corrected chi connectivity index (χ4v) is 3.30. The first-order valence-electron chi connectivity index (χ1n) is 9.07. The molecule has 4 rings (SSSR count). The molecule has 3 aromatic rings. The highest BCUT2D eigenvalue weighted by molar-refractivity contribution is 5.79. The molecule has 0 saturated carbocycles. The van der Waals surface area contributed by atoms with Crippen molar-refractivity contribution in [2.24, 2.45) is 0 Å². The van der Waals surface area contributed by atoms with E-state index < -0.39 is 5.63 Å². The van der Waals surface area contributed by atoms with E-state index in [-0.39, 0.29) is 18.3 Å². The van der Waals surface area contributed by atoms with Gasteiger partial charge in [-0.3, -0.25) is 4.79 Å². The molecule has 2 heterocycles. The molecule has 2 aromatic carbocycles. The minimum absolute atomic E-state index is 0.0842. The van der Waals surface area contributed by atoms with Crippen LogP contribution in [0.15, 0.2) is 63.8 Å². The molecule has 1 aliphatic rings. The summed E-state index contributed by atoms with van der Waals surface area (Å²) in [4.78, 5) is 27.6. The Morgan fingerprint density at radius 2 is 1.79 bits per heavy atom. The fraction of sp³-hybridized carbons (Fsp3) is 0.238. The van der Waals surface area contributed by atoms with Gasteiger partial charge in [0.2, 0.25) is 0 Å². The Balaban J connectivity index is 1.34. The summed E-state index contributed by atoms with van der Waals surface area (Å²) in [7, 11) is 0. The van der Waals surface area contributed by atoms with Gasteiger partial charge in [0.05, 0.1) is 5.69 Å². The van der Waals surface area contributed by atoms with Gasteiger partial charge in [0.1, 0.15) is 17.1 Å². The number of hydrogen-bond donors (Lipinski definition) is 1. The number of amides is 1. The first-order valence-corrected chi connectivity index (χ1v) is 9.07. The Bertz CT molecular complexity index is 1050. The lowest BCUT2D eigenvalue weighted by Crippen LogP contribution is -2.50. The van der Waals surface area contributed by atoms with Gasteiger partial charge in [0.25, 0.3) is 5.91 Å². The maximum Gasteiger partial charge on any atom is 0.336 e. The third-order valence-corrected chi connectivity index (χ3v) is 4.81. The number of hydrogen-bond acceptors (Lipinski definition) is 6. The van der Waals surface area contributed by atoms with Crippen LogP contribution in [-0.4, -0.2) is 48.7 Å². The molecule has 144 valence electrons. The maximum absolute atomic E-state index is 12.5. The molecule has 1 fully saturated rings. The number of para-hydroxylation sites is 2. The highest BCUT2D eigenvalue weighted by Gasteiger charge is 2.22. The van der Waals surface area contributed by atoms with E-state index in [1.807, 2.05) is 12.1 Å². The van der Waals surface area contributed by atoms with Crippen molar-refractivity contribution in [1.29, 1.82) is 0 Å². The number of aromatic hydroxyl groups is 1. The molecule has 0 bridgehead atoms. The van der Waals surface area contributed by atoms with Gasteiger partial charge in [-0.15, -0.1) is 0 Å². The second-order valence-electron chi connectivity index (χ2n) is 6.60. The summed E-state index contributed by atoms with van der Waals surface area (Å²) < 4.78 is 10.7. The normalized spacial score (nSPS) is 14.3. The fourth-order valence-electron chi connectivity index (χ4n) is 3.30. The van der Waals surface area contributed by atoms with Crippen molar-refractivity contribution in [3.63, 3.8) is 0 Å². The van der Waals surface area contributed by atoms with E-state index >= 15 is 0 Å². The number of fused-ring (bicyclic) bond motifs is 1. The molecule has 1 saturated heterocycles. The lowest BCUT2D eigenvalue weighted by atomic mass is 10.2. The molecule has 0 radical (unpaired) electrons. The molecule has 7 heteroatoms. The van der Waals surface area contributed by atoms with Crippen LogP contribution in [0.2, 0.25) is 0 Å². The summed E-state index contributed by atoms with van der Waals surface area (Å²) >= 11 is 0. The number of ether oxygens (including phenoxy) is 1. The Labute approximate surface area is 161 Å². The number of phenolic OH excluding ortho intramolecular Hbond substituents is 1. The summed E-state index contributed by atoms with van der Waals surface area (Å²) in [5.74, 6) is 0.614. The van der Waals surface area contributed by atoms with Crippen molar-refractivity contribution in [3.8, 4) is 11.5 Å². The van der Waals surface area contributed by atoms with Crippen molar-refractivity contribution < 1.29 is 19.1 Å². The van der Waals surface area contributed by atoms with Crippen LogP contribution >= 0.6 is 0 Å². The van der Waals surface area contributed by atoms with E-state index in [0.29, 0.717) is 37.5 Å². The molecule has 1 N–H and O–H groups in total. The maximum atomic E-state index is 12.5. The van der Waals surface area contributed by atoms with Gasteiger partial charge >= 0.3 is 5.63 Å². The van der Waals surface area contributed by atoms with Gasteiger partial charge < -0.3 is 24.1 Å². The molecule has 0 aliphatic carbocycles. The summed E-state index contributed by atoms with van der Waals surface area (Å²) in [5.41, 5.74) is 0.778. The van der Waals surface area contributed by atoms with Gasteiger partial charge in [-0.05, 0) is 30.3 Å². The van der Waals surface area contributed by atoms with Gasteiger partial charge in [0.15, 0.2) is 6.61 Å². The number of nitrogens with zero attached hydrogens (tertiary/aromatic N) is 2. The minimum atomic E-state index is -0.428. The van der Waals surface area contributed by atoms with Crippen LogP contribution in [0.25, 0.3) is 11.0 Å². The molecule has 0 spiro atoms. The number of carbonyl (C=O) groups is 1. The van der Waals surface area contributed by atoms with Crippen molar-refractivity contribution in [2.75, 3.05) is 37.7 Å². The third-order valence-electron chi connectivity index (χ3n) is 4.81. The monoisotopic (exact) mass is 380 g/mol. The topological polar surface area (TPSA) is 83.2 Å². The Kier molecular flexibility index (Phi) is 4.89. The van der Waals surface area contributed by atoms with Crippen LogP contribution in [0.5, 0.6) is 11.5 Å². The summed E-state index contributed by atoms with van der Waals surface area (Å²) in [6, 6.07) is 15.4. The van der Waals surface area contributed by atoms with E-state index in [0.717, 1.165) is 11.1 Å². The van der Waals surface area contributed by atoms with Crippen LogP contribution in [0.1, 0.15) is 0 Å². The predicted octanol–water partition coefficient (Wildman–Crippen LogP) is 2.23. The van der Waals surface area contributed by atoms with Crippen LogP contribution in [-0.2, 0) is 4.79 Å². The molecule has 0 atom stereocenters.